The highest BCUT2D eigenvalue weighted by molar-refractivity contribution is 7.09. The average Bonchev–Trinajstić information content (AvgIpc) is 2.96. The SMILES string of the molecule is CCCC(N)c1nc(C(=O)NCc2ccccc2Cl)cs1. The quantitative estimate of drug-likeness (QED) is 0.854. The highest BCUT2D eigenvalue weighted by atomic mass is 35.5. The fourth-order valence-electron chi connectivity index (χ4n) is 1.90. The predicted octanol–water partition coefficient (Wildman–Crippen LogP) is 3.53. The Hall–Kier alpha value is -1.43. The standard InChI is InChI=1S/C15H18ClN3OS/c1-2-5-12(17)15-19-13(9-21-15)14(20)18-8-10-6-3-4-7-11(10)16/h3-4,6-7,9,12H,2,5,8,17H2,1H3,(H,18,20). The molecule has 21 heavy (non-hydrogen) atoms. The minimum Gasteiger partial charge on any atom is -0.347 e. The van der Waals surface area contributed by atoms with E-state index >= 15 is 0 Å². The molecule has 0 spiro atoms. The molecule has 0 fully saturated rings. The normalized spacial score (nSPS) is 12.1. The van der Waals surface area contributed by atoms with Gasteiger partial charge in [-0.3, -0.25) is 4.79 Å². The minimum absolute atomic E-state index is 0.0925. The molecule has 112 valence electrons. The van der Waals surface area contributed by atoms with Crippen LogP contribution < -0.4 is 11.1 Å². The van der Waals surface area contributed by atoms with Crippen LogP contribution in [0.15, 0.2) is 29.6 Å². The van der Waals surface area contributed by atoms with Crippen molar-refractivity contribution in [3.63, 3.8) is 0 Å². The molecule has 2 rings (SSSR count). The number of hydrogen-bond acceptors (Lipinski definition) is 4. The first-order valence-electron chi connectivity index (χ1n) is 6.84. The van der Waals surface area contributed by atoms with E-state index in [4.69, 9.17) is 17.3 Å². The summed E-state index contributed by atoms with van der Waals surface area (Å²) in [6, 6.07) is 7.33. The van der Waals surface area contributed by atoms with Gasteiger partial charge in [0.2, 0.25) is 0 Å². The third kappa shape index (κ3) is 4.27. The summed E-state index contributed by atoms with van der Waals surface area (Å²) in [4.78, 5) is 16.4. The van der Waals surface area contributed by atoms with Gasteiger partial charge in [-0.1, -0.05) is 43.1 Å². The van der Waals surface area contributed by atoms with Crippen LogP contribution in [0.2, 0.25) is 5.02 Å². The van der Waals surface area contributed by atoms with Crippen LogP contribution in [0, 0.1) is 0 Å². The van der Waals surface area contributed by atoms with E-state index in [1.807, 2.05) is 18.2 Å². The molecule has 0 aliphatic rings. The fraction of sp³-hybridized carbons (Fsp3) is 0.333. The molecule has 0 aliphatic heterocycles. The van der Waals surface area contributed by atoms with Crippen molar-refractivity contribution >= 4 is 28.8 Å². The number of benzene rings is 1. The molecular weight excluding hydrogens is 306 g/mol. The van der Waals surface area contributed by atoms with Crippen LogP contribution in [0.3, 0.4) is 0 Å². The Morgan fingerprint density at radius 3 is 2.95 bits per heavy atom. The van der Waals surface area contributed by atoms with E-state index in [0.717, 1.165) is 23.4 Å². The molecule has 1 atom stereocenters. The van der Waals surface area contributed by atoms with E-state index in [1.54, 1.807) is 11.4 Å². The molecule has 1 amide bonds. The number of thiazole rings is 1. The number of amides is 1. The number of rotatable bonds is 6. The maximum Gasteiger partial charge on any atom is 0.271 e. The Balaban J connectivity index is 1.96. The van der Waals surface area contributed by atoms with Gasteiger partial charge in [-0.15, -0.1) is 11.3 Å². The van der Waals surface area contributed by atoms with Gasteiger partial charge in [-0.25, -0.2) is 4.98 Å². The van der Waals surface area contributed by atoms with Gasteiger partial charge in [-0.05, 0) is 18.1 Å². The summed E-state index contributed by atoms with van der Waals surface area (Å²) in [7, 11) is 0. The smallest absolute Gasteiger partial charge is 0.271 e. The molecule has 1 heterocycles. The van der Waals surface area contributed by atoms with Crippen LogP contribution in [-0.4, -0.2) is 10.9 Å². The lowest BCUT2D eigenvalue weighted by molar-refractivity contribution is 0.0946. The molecule has 0 aliphatic carbocycles. The van der Waals surface area contributed by atoms with Crippen LogP contribution in [0.1, 0.15) is 46.9 Å². The Bertz CT molecular complexity index is 614. The van der Waals surface area contributed by atoms with E-state index in [0.29, 0.717) is 17.3 Å². The Kier molecular flexibility index (Phi) is 5.73. The van der Waals surface area contributed by atoms with Crippen LogP contribution in [0.4, 0.5) is 0 Å². The highest BCUT2D eigenvalue weighted by Gasteiger charge is 2.14. The summed E-state index contributed by atoms with van der Waals surface area (Å²) in [6.07, 6.45) is 1.86. The first kappa shape index (κ1) is 15.9. The van der Waals surface area contributed by atoms with Crippen molar-refractivity contribution in [2.45, 2.75) is 32.4 Å². The maximum absolute atomic E-state index is 12.1. The summed E-state index contributed by atoms with van der Waals surface area (Å²) in [5, 5.41) is 6.01. The van der Waals surface area contributed by atoms with Gasteiger partial charge in [0.1, 0.15) is 10.7 Å². The second-order valence-corrected chi connectivity index (χ2v) is 6.04. The lowest BCUT2D eigenvalue weighted by Crippen LogP contribution is -2.23. The van der Waals surface area contributed by atoms with E-state index in [2.05, 4.69) is 17.2 Å². The van der Waals surface area contributed by atoms with Gasteiger partial charge >= 0.3 is 0 Å². The maximum atomic E-state index is 12.1. The second kappa shape index (κ2) is 7.54. The third-order valence-electron chi connectivity index (χ3n) is 3.07. The van der Waals surface area contributed by atoms with Crippen LogP contribution in [-0.2, 0) is 6.54 Å². The largest absolute Gasteiger partial charge is 0.347 e. The van der Waals surface area contributed by atoms with E-state index in [-0.39, 0.29) is 11.9 Å². The monoisotopic (exact) mass is 323 g/mol. The lowest BCUT2D eigenvalue weighted by Gasteiger charge is -2.06. The highest BCUT2D eigenvalue weighted by Crippen LogP contribution is 2.20. The molecule has 1 aromatic heterocycles. The number of carbonyl (C=O) groups excluding carboxylic acids is 1. The second-order valence-electron chi connectivity index (χ2n) is 4.74. The van der Waals surface area contributed by atoms with E-state index in [1.165, 1.54) is 11.3 Å². The Labute approximate surface area is 133 Å². The first-order valence-corrected chi connectivity index (χ1v) is 8.10. The number of hydrogen-bond donors (Lipinski definition) is 2. The van der Waals surface area contributed by atoms with Gasteiger partial charge in [-0.2, -0.15) is 0 Å². The Morgan fingerprint density at radius 1 is 1.48 bits per heavy atom. The number of nitrogens with two attached hydrogens (primary N) is 1. The van der Waals surface area contributed by atoms with Crippen molar-refractivity contribution in [2.75, 3.05) is 0 Å². The Morgan fingerprint density at radius 2 is 2.24 bits per heavy atom. The van der Waals surface area contributed by atoms with Crippen molar-refractivity contribution in [3.8, 4) is 0 Å². The molecule has 2 aromatic rings. The van der Waals surface area contributed by atoms with Crippen LogP contribution in [0.5, 0.6) is 0 Å². The molecule has 4 nitrogen and oxygen atoms in total. The average molecular weight is 324 g/mol. The summed E-state index contributed by atoms with van der Waals surface area (Å²) in [5.74, 6) is -0.207. The summed E-state index contributed by atoms with van der Waals surface area (Å²) in [5.41, 5.74) is 7.29. The molecule has 0 bridgehead atoms. The minimum atomic E-state index is -0.207. The van der Waals surface area contributed by atoms with Crippen molar-refractivity contribution in [3.05, 3.63) is 50.9 Å². The summed E-state index contributed by atoms with van der Waals surface area (Å²) in [6.45, 7) is 2.46. The van der Waals surface area contributed by atoms with Gasteiger partial charge in [0.15, 0.2) is 0 Å². The number of nitrogens with zero attached hydrogens (tertiary/aromatic N) is 1. The number of carbonyl (C=O) groups is 1. The van der Waals surface area contributed by atoms with Gasteiger partial charge in [0.25, 0.3) is 5.91 Å². The van der Waals surface area contributed by atoms with Crippen molar-refractivity contribution in [2.24, 2.45) is 5.73 Å². The number of aromatic nitrogens is 1. The van der Waals surface area contributed by atoms with Crippen molar-refractivity contribution in [1.82, 2.24) is 10.3 Å². The fourth-order valence-corrected chi connectivity index (χ4v) is 2.94. The molecule has 6 heteroatoms. The first-order chi connectivity index (χ1) is 10.1. The lowest BCUT2D eigenvalue weighted by atomic mass is 10.2. The molecule has 0 saturated carbocycles. The van der Waals surface area contributed by atoms with Gasteiger partial charge in [0.05, 0.1) is 6.04 Å². The molecule has 0 radical (unpaired) electrons. The van der Waals surface area contributed by atoms with Crippen molar-refractivity contribution < 1.29 is 4.79 Å². The van der Waals surface area contributed by atoms with Gasteiger partial charge < -0.3 is 11.1 Å². The van der Waals surface area contributed by atoms with Crippen molar-refractivity contribution in [1.29, 1.82) is 0 Å². The third-order valence-corrected chi connectivity index (χ3v) is 4.41. The van der Waals surface area contributed by atoms with Crippen LogP contribution >= 0.6 is 22.9 Å². The van der Waals surface area contributed by atoms with Crippen LogP contribution in [0.25, 0.3) is 0 Å². The zero-order valence-corrected chi connectivity index (χ0v) is 13.4. The summed E-state index contributed by atoms with van der Waals surface area (Å²) >= 11 is 7.48. The molecule has 0 saturated heterocycles. The molecular formula is C15H18ClN3OS. The molecule has 3 N–H and O–H groups in total. The van der Waals surface area contributed by atoms with E-state index in [9.17, 15) is 4.79 Å². The summed E-state index contributed by atoms with van der Waals surface area (Å²) < 4.78 is 0. The zero-order valence-electron chi connectivity index (χ0n) is 11.8. The topological polar surface area (TPSA) is 68.0 Å². The number of nitrogens with one attached hydrogen (secondary N) is 1. The predicted molar refractivity (Wildman–Crippen MR) is 86.6 cm³/mol. The molecule has 1 unspecified atom stereocenters. The van der Waals surface area contributed by atoms with E-state index < -0.39 is 0 Å². The van der Waals surface area contributed by atoms with Gasteiger partial charge in [0, 0.05) is 16.9 Å². The number of halogens is 1. The molecule has 1 aromatic carbocycles. The zero-order chi connectivity index (χ0) is 15.2.